The lowest BCUT2D eigenvalue weighted by atomic mass is 9.82. The van der Waals surface area contributed by atoms with Crippen molar-refractivity contribution in [2.75, 3.05) is 17.6 Å². The highest BCUT2D eigenvalue weighted by Gasteiger charge is 2.27. The lowest BCUT2D eigenvalue weighted by molar-refractivity contribution is 0.0487. The molecule has 0 bridgehead atoms. The van der Waals surface area contributed by atoms with Gasteiger partial charge in [0.15, 0.2) is 0 Å². The standard InChI is InChI=1S/C10H16N4O3/c1-14-8(11)7(9(16)13-10(14)17)12-4-5-2-6(15)3-5/h5-6,12,15H,2-4,11H2,1H3,(H,13,16,17). The van der Waals surface area contributed by atoms with Crippen LogP contribution < -0.4 is 22.3 Å². The lowest BCUT2D eigenvalue weighted by Crippen LogP contribution is -2.36. The number of aliphatic hydroxyl groups is 1. The van der Waals surface area contributed by atoms with E-state index in [1.807, 2.05) is 0 Å². The molecule has 1 aliphatic carbocycles. The summed E-state index contributed by atoms with van der Waals surface area (Å²) in [5.41, 5.74) is 4.87. The van der Waals surface area contributed by atoms with Crippen molar-refractivity contribution < 1.29 is 5.11 Å². The molecule has 0 atom stereocenters. The number of rotatable bonds is 3. The first-order chi connectivity index (χ1) is 7.99. The van der Waals surface area contributed by atoms with Gasteiger partial charge in [-0.1, -0.05) is 0 Å². The van der Waals surface area contributed by atoms with E-state index in [2.05, 4.69) is 10.3 Å². The number of nitrogens with two attached hydrogens (primary N) is 1. The number of nitrogens with zero attached hydrogens (tertiary/aromatic N) is 1. The highest BCUT2D eigenvalue weighted by molar-refractivity contribution is 5.60. The molecule has 2 rings (SSSR count). The van der Waals surface area contributed by atoms with Crippen LogP contribution in [0.4, 0.5) is 11.5 Å². The van der Waals surface area contributed by atoms with Crippen LogP contribution >= 0.6 is 0 Å². The van der Waals surface area contributed by atoms with E-state index in [0.29, 0.717) is 12.5 Å². The van der Waals surface area contributed by atoms with Gasteiger partial charge >= 0.3 is 5.69 Å². The molecule has 0 amide bonds. The lowest BCUT2D eigenvalue weighted by Gasteiger charge is -2.31. The van der Waals surface area contributed by atoms with E-state index >= 15 is 0 Å². The Morgan fingerprint density at radius 1 is 1.53 bits per heavy atom. The van der Waals surface area contributed by atoms with E-state index in [0.717, 1.165) is 12.8 Å². The van der Waals surface area contributed by atoms with Crippen LogP contribution in [0.1, 0.15) is 12.8 Å². The largest absolute Gasteiger partial charge is 0.393 e. The summed E-state index contributed by atoms with van der Waals surface area (Å²) in [4.78, 5) is 24.9. The van der Waals surface area contributed by atoms with Crippen molar-refractivity contribution in [3.8, 4) is 0 Å². The summed E-state index contributed by atoms with van der Waals surface area (Å²) >= 11 is 0. The number of nitrogen functional groups attached to an aromatic ring is 1. The highest BCUT2D eigenvalue weighted by atomic mass is 16.3. The molecule has 17 heavy (non-hydrogen) atoms. The third-order valence-corrected chi connectivity index (χ3v) is 3.15. The van der Waals surface area contributed by atoms with Gasteiger partial charge in [0, 0.05) is 13.6 Å². The Labute approximate surface area is 97.3 Å². The van der Waals surface area contributed by atoms with Crippen molar-refractivity contribution in [3.63, 3.8) is 0 Å². The summed E-state index contributed by atoms with van der Waals surface area (Å²) in [6.07, 6.45) is 1.24. The van der Waals surface area contributed by atoms with Crippen molar-refractivity contribution in [2.24, 2.45) is 13.0 Å². The highest BCUT2D eigenvalue weighted by Crippen LogP contribution is 2.27. The summed E-state index contributed by atoms with van der Waals surface area (Å²) in [5, 5.41) is 12.1. The molecule has 94 valence electrons. The molecule has 0 aliphatic heterocycles. The van der Waals surface area contributed by atoms with Crippen molar-refractivity contribution in [3.05, 3.63) is 20.8 Å². The van der Waals surface area contributed by atoms with Crippen LogP contribution in [0, 0.1) is 5.92 Å². The van der Waals surface area contributed by atoms with Crippen LogP contribution in [0.5, 0.6) is 0 Å². The Morgan fingerprint density at radius 3 is 2.76 bits per heavy atom. The molecule has 1 saturated carbocycles. The molecule has 1 fully saturated rings. The monoisotopic (exact) mass is 240 g/mol. The number of anilines is 2. The Bertz CT molecular complexity index is 527. The van der Waals surface area contributed by atoms with Crippen LogP contribution in [-0.4, -0.2) is 27.3 Å². The topological polar surface area (TPSA) is 113 Å². The van der Waals surface area contributed by atoms with E-state index in [9.17, 15) is 9.59 Å². The summed E-state index contributed by atoms with van der Waals surface area (Å²) in [5.74, 6) is 0.472. The van der Waals surface area contributed by atoms with Gasteiger partial charge in [-0.15, -0.1) is 0 Å². The molecule has 1 aliphatic rings. The van der Waals surface area contributed by atoms with Gasteiger partial charge in [0.05, 0.1) is 6.10 Å². The third-order valence-electron chi connectivity index (χ3n) is 3.15. The first-order valence-electron chi connectivity index (χ1n) is 5.49. The maximum absolute atomic E-state index is 11.5. The predicted octanol–water partition coefficient (Wildman–Crippen LogP) is -1.16. The smallest absolute Gasteiger partial charge is 0.329 e. The second kappa shape index (κ2) is 4.25. The van der Waals surface area contributed by atoms with Gasteiger partial charge in [-0.25, -0.2) is 4.79 Å². The molecule has 7 nitrogen and oxygen atoms in total. The number of aliphatic hydroxyl groups excluding tert-OH is 1. The summed E-state index contributed by atoms with van der Waals surface area (Å²) in [6.45, 7) is 0.572. The Balaban J connectivity index is 2.13. The fourth-order valence-corrected chi connectivity index (χ4v) is 1.92. The maximum Gasteiger partial charge on any atom is 0.329 e. The summed E-state index contributed by atoms with van der Waals surface area (Å²) < 4.78 is 1.18. The molecule has 0 radical (unpaired) electrons. The number of aromatic amines is 1. The van der Waals surface area contributed by atoms with Crippen molar-refractivity contribution in [1.82, 2.24) is 9.55 Å². The van der Waals surface area contributed by atoms with Gasteiger partial charge in [0.2, 0.25) is 0 Å². The Hall–Kier alpha value is -1.76. The molecular formula is C10H16N4O3. The van der Waals surface area contributed by atoms with Gasteiger partial charge < -0.3 is 16.2 Å². The molecule has 1 heterocycles. The predicted molar refractivity (Wildman–Crippen MR) is 63.9 cm³/mol. The van der Waals surface area contributed by atoms with Crippen LogP contribution in [0.15, 0.2) is 9.59 Å². The zero-order chi connectivity index (χ0) is 12.6. The van der Waals surface area contributed by atoms with Crippen LogP contribution in [0.2, 0.25) is 0 Å². The zero-order valence-corrected chi connectivity index (χ0v) is 9.56. The van der Waals surface area contributed by atoms with Crippen molar-refractivity contribution >= 4 is 11.5 Å². The van der Waals surface area contributed by atoms with Gasteiger partial charge in [0.1, 0.15) is 11.5 Å². The molecule has 0 spiro atoms. The van der Waals surface area contributed by atoms with Crippen LogP contribution in [-0.2, 0) is 7.05 Å². The maximum atomic E-state index is 11.5. The van der Waals surface area contributed by atoms with E-state index in [1.165, 1.54) is 11.6 Å². The molecule has 0 saturated heterocycles. The molecule has 7 heteroatoms. The SMILES string of the molecule is Cn1c(N)c(NCC2CC(O)C2)c(=O)[nH]c1=O. The van der Waals surface area contributed by atoms with Gasteiger partial charge in [-0.3, -0.25) is 14.3 Å². The molecular weight excluding hydrogens is 224 g/mol. The van der Waals surface area contributed by atoms with E-state index in [1.54, 1.807) is 0 Å². The number of hydrogen-bond donors (Lipinski definition) is 4. The zero-order valence-electron chi connectivity index (χ0n) is 9.56. The van der Waals surface area contributed by atoms with E-state index in [4.69, 9.17) is 10.8 Å². The molecule has 1 aromatic rings. The number of aromatic nitrogens is 2. The molecule has 1 aromatic heterocycles. The molecule has 0 aromatic carbocycles. The first kappa shape index (κ1) is 11.7. The van der Waals surface area contributed by atoms with E-state index < -0.39 is 11.2 Å². The summed E-state index contributed by atoms with van der Waals surface area (Å²) in [7, 11) is 1.49. The average Bonchev–Trinajstić information content (AvgIpc) is 2.23. The van der Waals surface area contributed by atoms with Crippen molar-refractivity contribution in [2.45, 2.75) is 18.9 Å². The second-order valence-corrected chi connectivity index (χ2v) is 4.45. The van der Waals surface area contributed by atoms with Crippen LogP contribution in [0.3, 0.4) is 0 Å². The Kier molecular flexibility index (Phi) is 2.93. The van der Waals surface area contributed by atoms with Gasteiger partial charge in [-0.05, 0) is 18.8 Å². The second-order valence-electron chi connectivity index (χ2n) is 4.45. The average molecular weight is 240 g/mol. The van der Waals surface area contributed by atoms with Gasteiger partial charge in [-0.2, -0.15) is 0 Å². The van der Waals surface area contributed by atoms with Crippen LogP contribution in [0.25, 0.3) is 0 Å². The fourth-order valence-electron chi connectivity index (χ4n) is 1.92. The first-order valence-corrected chi connectivity index (χ1v) is 5.49. The third kappa shape index (κ3) is 2.19. The molecule has 0 unspecified atom stereocenters. The quantitative estimate of drug-likeness (QED) is 0.532. The number of nitrogens with one attached hydrogen (secondary N) is 2. The minimum Gasteiger partial charge on any atom is -0.393 e. The minimum absolute atomic E-state index is 0.124. The normalized spacial score (nSPS) is 23.2. The number of hydrogen-bond acceptors (Lipinski definition) is 5. The Morgan fingerprint density at radius 2 is 2.18 bits per heavy atom. The minimum atomic E-state index is -0.530. The summed E-state index contributed by atoms with van der Waals surface area (Å²) in [6, 6.07) is 0. The van der Waals surface area contributed by atoms with Crippen molar-refractivity contribution in [1.29, 1.82) is 0 Å². The van der Waals surface area contributed by atoms with E-state index in [-0.39, 0.29) is 17.6 Å². The van der Waals surface area contributed by atoms with Gasteiger partial charge in [0.25, 0.3) is 5.56 Å². The fraction of sp³-hybridized carbons (Fsp3) is 0.600. The molecule has 5 N–H and O–H groups in total. The number of H-pyrrole nitrogens is 1.